The first-order valence-corrected chi connectivity index (χ1v) is 23.8. The Kier molecular flexibility index (Phi) is 38.8. The van der Waals surface area contributed by atoms with Crippen LogP contribution in [0.4, 0.5) is 4.79 Å². The molecule has 1 rings (SSSR count). The molecule has 0 saturated carbocycles. The van der Waals surface area contributed by atoms with Gasteiger partial charge in [0.2, 0.25) is 0 Å². The molecule has 1 aliphatic rings. The zero-order chi connectivity index (χ0) is 40.4. The van der Waals surface area contributed by atoms with Crippen molar-refractivity contribution in [2.75, 3.05) is 47.1 Å². The smallest absolute Gasteiger partial charge is 0.434 e. The van der Waals surface area contributed by atoms with Crippen molar-refractivity contribution in [1.82, 2.24) is 4.90 Å². The Morgan fingerprint density at radius 1 is 0.643 bits per heavy atom. The van der Waals surface area contributed by atoms with Crippen LogP contribution in [0.3, 0.4) is 0 Å². The third-order valence-electron chi connectivity index (χ3n) is 10.6. The lowest BCUT2D eigenvalue weighted by Crippen LogP contribution is -2.27. The Hall–Kier alpha value is -1.67. The van der Waals surface area contributed by atoms with E-state index in [4.69, 9.17) is 23.7 Å². The Balaban J connectivity index is 2.18. The highest BCUT2D eigenvalue weighted by Crippen LogP contribution is 2.21. The molecule has 0 aliphatic carbocycles. The van der Waals surface area contributed by atoms with Crippen LogP contribution in [0.2, 0.25) is 0 Å². The van der Waals surface area contributed by atoms with Gasteiger partial charge in [-0.15, -0.1) is 0 Å². The highest BCUT2D eigenvalue weighted by Gasteiger charge is 2.19. The Labute approximate surface area is 347 Å². The summed E-state index contributed by atoms with van der Waals surface area (Å²) in [6.45, 7) is 7.82. The second-order valence-corrected chi connectivity index (χ2v) is 16.5. The third kappa shape index (κ3) is 36.7. The van der Waals surface area contributed by atoms with Gasteiger partial charge in [-0.05, 0) is 117 Å². The lowest BCUT2D eigenvalue weighted by molar-refractivity contribution is -0.188. The van der Waals surface area contributed by atoms with Crippen LogP contribution >= 0.6 is 0 Å². The summed E-state index contributed by atoms with van der Waals surface area (Å²) in [5, 5.41) is 0. The summed E-state index contributed by atoms with van der Waals surface area (Å²) in [5.41, 5.74) is 0. The quantitative estimate of drug-likeness (QED) is 0.0348. The summed E-state index contributed by atoms with van der Waals surface area (Å²) in [6.07, 6.45) is 49.0. The minimum absolute atomic E-state index is 0.00561. The fraction of sp³-hybridized carbons (Fsp3) is 0.857. The maximum absolute atomic E-state index is 12.4. The van der Waals surface area contributed by atoms with Crippen molar-refractivity contribution >= 4 is 6.16 Å². The first-order chi connectivity index (χ1) is 27.5. The van der Waals surface area contributed by atoms with Crippen molar-refractivity contribution in [3.63, 3.8) is 0 Å². The van der Waals surface area contributed by atoms with Crippen molar-refractivity contribution in [2.24, 2.45) is 0 Å². The predicted octanol–water partition coefficient (Wildman–Crippen LogP) is 14.2. The van der Waals surface area contributed by atoms with Crippen molar-refractivity contribution < 1.29 is 28.5 Å². The van der Waals surface area contributed by atoms with E-state index in [1.54, 1.807) is 0 Å². The lowest BCUT2D eigenvalue weighted by atomic mass is 10.1. The molecule has 1 heterocycles. The van der Waals surface area contributed by atoms with Gasteiger partial charge in [-0.2, -0.15) is 0 Å². The Morgan fingerprint density at radius 2 is 1.21 bits per heavy atom. The van der Waals surface area contributed by atoms with Crippen molar-refractivity contribution in [1.29, 1.82) is 0 Å². The van der Waals surface area contributed by atoms with Gasteiger partial charge in [-0.25, -0.2) is 4.79 Å². The van der Waals surface area contributed by atoms with Gasteiger partial charge < -0.3 is 28.6 Å². The van der Waals surface area contributed by atoms with Crippen LogP contribution < -0.4 is 0 Å². The SMILES string of the molecule is CCCCC/C=C\C/C=C\CCCCCCCCC(COCCCCCCCC/C=C\C[C@@H](CCCCCC)OC1CCCCO1)OC(=O)OCCCN(C)C. The maximum atomic E-state index is 12.4. The molecule has 0 spiro atoms. The maximum Gasteiger partial charge on any atom is 0.508 e. The molecule has 0 N–H and O–H groups in total. The zero-order valence-electron chi connectivity index (χ0n) is 37.3. The monoisotopic (exact) mass is 790 g/mol. The number of ether oxygens (including phenoxy) is 5. The van der Waals surface area contributed by atoms with Crippen LogP contribution in [-0.4, -0.2) is 76.6 Å². The summed E-state index contributed by atoms with van der Waals surface area (Å²) in [5.74, 6) is 0. The van der Waals surface area contributed by atoms with Gasteiger partial charge in [0.1, 0.15) is 6.10 Å². The number of hydrogen-bond acceptors (Lipinski definition) is 7. The van der Waals surface area contributed by atoms with Crippen molar-refractivity contribution in [2.45, 2.75) is 225 Å². The van der Waals surface area contributed by atoms with Crippen LogP contribution in [0, 0.1) is 0 Å². The number of hydrogen-bond donors (Lipinski definition) is 0. The fourth-order valence-electron chi connectivity index (χ4n) is 7.07. The van der Waals surface area contributed by atoms with E-state index in [1.165, 1.54) is 128 Å². The predicted molar refractivity (Wildman–Crippen MR) is 237 cm³/mol. The van der Waals surface area contributed by atoms with Crippen molar-refractivity contribution in [3.05, 3.63) is 36.5 Å². The molecule has 1 aliphatic heterocycles. The average molecular weight is 790 g/mol. The molecule has 1 fully saturated rings. The number of carbonyl (C=O) groups excluding carboxylic acids is 1. The topological polar surface area (TPSA) is 66.5 Å². The highest BCUT2D eigenvalue weighted by molar-refractivity contribution is 5.60. The van der Waals surface area contributed by atoms with Crippen molar-refractivity contribution in [3.8, 4) is 0 Å². The summed E-state index contributed by atoms with van der Waals surface area (Å²) in [6, 6.07) is 0. The van der Waals surface area contributed by atoms with E-state index in [-0.39, 0.29) is 18.5 Å². The molecule has 1 saturated heterocycles. The summed E-state index contributed by atoms with van der Waals surface area (Å²) in [4.78, 5) is 14.5. The van der Waals surface area contributed by atoms with Crippen LogP contribution in [-0.2, 0) is 23.7 Å². The van der Waals surface area contributed by atoms with Crippen LogP contribution in [0.1, 0.15) is 206 Å². The van der Waals surface area contributed by atoms with Gasteiger partial charge >= 0.3 is 6.16 Å². The normalized spacial score (nSPS) is 16.1. The lowest BCUT2D eigenvalue weighted by Gasteiger charge is -2.27. The average Bonchev–Trinajstić information content (AvgIpc) is 3.19. The number of allylic oxidation sites excluding steroid dienone is 5. The molecule has 0 amide bonds. The van der Waals surface area contributed by atoms with Gasteiger partial charge in [-0.1, -0.05) is 140 Å². The van der Waals surface area contributed by atoms with Crippen LogP contribution in [0.15, 0.2) is 36.5 Å². The molecule has 2 unspecified atom stereocenters. The van der Waals surface area contributed by atoms with Gasteiger partial charge in [0.05, 0.1) is 19.3 Å². The highest BCUT2D eigenvalue weighted by atomic mass is 16.7. The molecular formula is C49H91NO6. The molecule has 0 radical (unpaired) electrons. The summed E-state index contributed by atoms with van der Waals surface area (Å²) < 4.78 is 29.3. The summed E-state index contributed by atoms with van der Waals surface area (Å²) >= 11 is 0. The second-order valence-electron chi connectivity index (χ2n) is 16.5. The molecule has 0 aromatic carbocycles. The van der Waals surface area contributed by atoms with E-state index in [2.05, 4.69) is 55.2 Å². The second kappa shape index (κ2) is 41.5. The van der Waals surface area contributed by atoms with Gasteiger partial charge in [-0.3, -0.25) is 0 Å². The molecular weight excluding hydrogens is 699 g/mol. The van der Waals surface area contributed by atoms with E-state index in [0.717, 1.165) is 84.0 Å². The third-order valence-corrected chi connectivity index (χ3v) is 10.6. The molecule has 0 aromatic rings. The summed E-state index contributed by atoms with van der Waals surface area (Å²) in [7, 11) is 4.05. The van der Waals surface area contributed by atoms with E-state index in [9.17, 15) is 4.79 Å². The Morgan fingerprint density at radius 3 is 1.86 bits per heavy atom. The molecule has 3 atom stereocenters. The minimum atomic E-state index is -0.558. The van der Waals surface area contributed by atoms with E-state index >= 15 is 0 Å². The fourth-order valence-corrected chi connectivity index (χ4v) is 7.07. The van der Waals surface area contributed by atoms with Gasteiger partial charge in [0.15, 0.2) is 6.29 Å². The van der Waals surface area contributed by atoms with Gasteiger partial charge in [0.25, 0.3) is 0 Å². The largest absolute Gasteiger partial charge is 0.508 e. The molecule has 0 bridgehead atoms. The van der Waals surface area contributed by atoms with E-state index in [1.807, 2.05) is 14.1 Å². The number of nitrogens with zero attached hydrogens (tertiary/aromatic N) is 1. The zero-order valence-corrected chi connectivity index (χ0v) is 37.3. The van der Waals surface area contributed by atoms with Gasteiger partial charge in [0, 0.05) is 19.8 Å². The first-order valence-electron chi connectivity index (χ1n) is 23.8. The molecule has 328 valence electrons. The molecule has 7 heteroatoms. The van der Waals surface area contributed by atoms with E-state index in [0.29, 0.717) is 13.2 Å². The number of unbranched alkanes of at least 4 members (excludes halogenated alkanes) is 18. The number of rotatable bonds is 40. The van der Waals surface area contributed by atoms with Crippen LogP contribution in [0.25, 0.3) is 0 Å². The van der Waals surface area contributed by atoms with E-state index < -0.39 is 6.16 Å². The first kappa shape index (κ1) is 52.3. The standard InChI is InChI=1S/C49H91NO6/c1-5-7-9-11-12-13-14-15-16-17-18-19-21-25-28-32-39-47(56-49(51)54-44-36-41-50(3)4)45-52-42-34-29-26-23-20-22-24-27-31-38-46(37-30-10-8-6-2)55-48-40-33-35-43-53-48/h12-13,15-16,27,31,46-48H,5-11,14,17-26,28-30,32-45H2,1-4H3/b13-12-,16-15-,31-27-/t46-,47?,48?/m1/s1. The Bertz CT molecular complexity index is 914. The molecule has 0 aromatic heterocycles. The molecule has 7 nitrogen and oxygen atoms in total. The van der Waals surface area contributed by atoms with Crippen LogP contribution in [0.5, 0.6) is 0 Å². The molecule has 56 heavy (non-hydrogen) atoms. The number of carbonyl (C=O) groups is 1. The minimum Gasteiger partial charge on any atom is -0.434 e.